The second kappa shape index (κ2) is 8.72. The molecule has 0 N–H and O–H groups in total. The van der Waals surface area contributed by atoms with Crippen LogP contribution in [-0.4, -0.2) is 54.0 Å². The first-order valence-corrected chi connectivity index (χ1v) is 8.90. The van der Waals surface area contributed by atoms with Crippen LogP contribution in [-0.2, 0) is 14.3 Å². The van der Waals surface area contributed by atoms with Crippen LogP contribution in [0, 0.1) is 17.2 Å². The van der Waals surface area contributed by atoms with E-state index in [-0.39, 0.29) is 23.4 Å². The third-order valence-corrected chi connectivity index (χ3v) is 4.90. The molecule has 2 rings (SSSR count). The van der Waals surface area contributed by atoms with Gasteiger partial charge in [0, 0.05) is 31.9 Å². The second-order valence-electron chi connectivity index (χ2n) is 6.56. The maximum atomic E-state index is 12.6. The van der Waals surface area contributed by atoms with Crippen molar-refractivity contribution in [2.75, 3.05) is 26.2 Å². The Labute approximate surface area is 144 Å². The Bertz CT molecular complexity index is 530. The van der Waals surface area contributed by atoms with Crippen LogP contribution in [0.2, 0.25) is 0 Å². The molecule has 0 bridgehead atoms. The molecule has 2 heterocycles. The van der Waals surface area contributed by atoms with Crippen LogP contribution in [0.1, 0.15) is 46.0 Å². The Morgan fingerprint density at radius 1 is 1.21 bits per heavy atom. The molecule has 2 fully saturated rings. The fraction of sp³-hybridized carbons (Fsp3) is 0.722. The summed E-state index contributed by atoms with van der Waals surface area (Å²) in [5.74, 6) is -0.536. The number of likely N-dealkylation sites (tertiary alicyclic amines) is 2. The Morgan fingerprint density at radius 2 is 1.92 bits per heavy atom. The number of piperidine rings is 2. The van der Waals surface area contributed by atoms with Crippen LogP contribution in [0.15, 0.2) is 11.8 Å². The first kappa shape index (κ1) is 18.3. The van der Waals surface area contributed by atoms with Gasteiger partial charge < -0.3 is 14.5 Å². The maximum Gasteiger partial charge on any atom is 0.309 e. The van der Waals surface area contributed by atoms with Crippen molar-refractivity contribution in [3.8, 4) is 6.07 Å². The zero-order chi connectivity index (χ0) is 17.5. The predicted octanol–water partition coefficient (Wildman–Crippen LogP) is 2.07. The highest BCUT2D eigenvalue weighted by Crippen LogP contribution is 2.21. The number of carbonyl (C=O) groups excluding carboxylic acids is 2. The number of ether oxygens (including phenoxy) is 1. The summed E-state index contributed by atoms with van der Waals surface area (Å²) in [6, 6.07) is 2.42. The van der Waals surface area contributed by atoms with Crippen LogP contribution < -0.4 is 0 Å². The van der Waals surface area contributed by atoms with Gasteiger partial charge in [-0.2, -0.15) is 5.26 Å². The van der Waals surface area contributed by atoms with Crippen LogP contribution in [0.4, 0.5) is 0 Å². The molecule has 24 heavy (non-hydrogen) atoms. The molecule has 1 amide bonds. The molecular weight excluding hydrogens is 306 g/mol. The monoisotopic (exact) mass is 333 g/mol. The predicted molar refractivity (Wildman–Crippen MR) is 89.7 cm³/mol. The zero-order valence-electron chi connectivity index (χ0n) is 14.7. The van der Waals surface area contributed by atoms with Gasteiger partial charge in [0.05, 0.1) is 12.5 Å². The van der Waals surface area contributed by atoms with Crippen LogP contribution in [0.3, 0.4) is 0 Å². The van der Waals surface area contributed by atoms with E-state index < -0.39 is 0 Å². The third kappa shape index (κ3) is 4.50. The number of hydrogen-bond donors (Lipinski definition) is 0. The molecule has 132 valence electrons. The van der Waals surface area contributed by atoms with Gasteiger partial charge in [-0.3, -0.25) is 9.59 Å². The molecule has 2 aliphatic rings. The molecule has 0 saturated carbocycles. The summed E-state index contributed by atoms with van der Waals surface area (Å²) in [4.78, 5) is 28.2. The minimum absolute atomic E-state index is 0.134. The fourth-order valence-electron chi connectivity index (χ4n) is 3.36. The minimum Gasteiger partial charge on any atom is -0.466 e. The van der Waals surface area contributed by atoms with E-state index in [9.17, 15) is 14.9 Å². The van der Waals surface area contributed by atoms with Gasteiger partial charge in [0.15, 0.2) is 0 Å². The van der Waals surface area contributed by atoms with Crippen molar-refractivity contribution in [1.82, 2.24) is 9.80 Å². The Balaban J connectivity index is 1.95. The van der Waals surface area contributed by atoms with E-state index in [1.165, 1.54) is 6.42 Å². The molecule has 1 atom stereocenters. The van der Waals surface area contributed by atoms with Gasteiger partial charge >= 0.3 is 5.97 Å². The standard InChI is InChI=1S/C18H27N3O3/c1-3-24-18(23)15-7-10-20(11-8-15)17(22)16(12-19)13-21-9-5-4-6-14(21)2/h13-15H,3-11H2,1-2H3/b16-13-. The summed E-state index contributed by atoms with van der Waals surface area (Å²) in [5.41, 5.74) is 0.193. The molecule has 2 saturated heterocycles. The van der Waals surface area contributed by atoms with Gasteiger partial charge in [-0.25, -0.2) is 0 Å². The number of nitrogens with zero attached hydrogens (tertiary/aromatic N) is 3. The summed E-state index contributed by atoms with van der Waals surface area (Å²) < 4.78 is 5.05. The van der Waals surface area contributed by atoms with Gasteiger partial charge in [0.25, 0.3) is 5.91 Å². The zero-order valence-corrected chi connectivity index (χ0v) is 14.7. The van der Waals surface area contributed by atoms with E-state index in [0.717, 1.165) is 19.4 Å². The maximum absolute atomic E-state index is 12.6. The minimum atomic E-state index is -0.224. The van der Waals surface area contributed by atoms with Crippen molar-refractivity contribution in [3.63, 3.8) is 0 Å². The smallest absolute Gasteiger partial charge is 0.309 e. The molecule has 6 nitrogen and oxygen atoms in total. The van der Waals surface area contributed by atoms with Crippen LogP contribution in [0.5, 0.6) is 0 Å². The molecule has 0 aromatic rings. The molecule has 0 spiro atoms. The van der Waals surface area contributed by atoms with Gasteiger partial charge in [-0.05, 0) is 46.0 Å². The lowest BCUT2D eigenvalue weighted by molar-refractivity contribution is -0.150. The lowest BCUT2D eigenvalue weighted by atomic mass is 9.96. The molecule has 1 unspecified atom stereocenters. The molecule has 0 aliphatic carbocycles. The van der Waals surface area contributed by atoms with Crippen molar-refractivity contribution < 1.29 is 14.3 Å². The topological polar surface area (TPSA) is 73.6 Å². The highest BCUT2D eigenvalue weighted by atomic mass is 16.5. The molecule has 6 heteroatoms. The van der Waals surface area contributed by atoms with Gasteiger partial charge in [0.1, 0.15) is 11.6 Å². The third-order valence-electron chi connectivity index (χ3n) is 4.90. The average Bonchev–Trinajstić information content (AvgIpc) is 2.61. The molecule has 2 aliphatic heterocycles. The van der Waals surface area contributed by atoms with Gasteiger partial charge in [-0.1, -0.05) is 0 Å². The summed E-state index contributed by atoms with van der Waals surface area (Å²) in [7, 11) is 0. The number of amides is 1. The number of rotatable bonds is 4. The fourth-order valence-corrected chi connectivity index (χ4v) is 3.36. The van der Waals surface area contributed by atoms with E-state index in [0.29, 0.717) is 38.6 Å². The number of nitriles is 1. The Hall–Kier alpha value is -2.03. The van der Waals surface area contributed by atoms with Crippen molar-refractivity contribution in [2.45, 2.75) is 52.0 Å². The lowest BCUT2D eigenvalue weighted by Crippen LogP contribution is -2.42. The highest BCUT2D eigenvalue weighted by molar-refractivity contribution is 5.97. The molecule has 0 aromatic heterocycles. The van der Waals surface area contributed by atoms with Gasteiger partial charge in [0.2, 0.25) is 0 Å². The van der Waals surface area contributed by atoms with E-state index >= 15 is 0 Å². The Kier molecular flexibility index (Phi) is 6.65. The van der Waals surface area contributed by atoms with E-state index in [1.807, 2.05) is 0 Å². The quantitative estimate of drug-likeness (QED) is 0.447. The van der Waals surface area contributed by atoms with Crippen LogP contribution >= 0.6 is 0 Å². The summed E-state index contributed by atoms with van der Waals surface area (Å²) in [5, 5.41) is 9.39. The largest absolute Gasteiger partial charge is 0.466 e. The second-order valence-corrected chi connectivity index (χ2v) is 6.56. The van der Waals surface area contributed by atoms with Crippen LogP contribution in [0.25, 0.3) is 0 Å². The van der Waals surface area contributed by atoms with E-state index in [4.69, 9.17) is 4.74 Å². The summed E-state index contributed by atoms with van der Waals surface area (Å²) >= 11 is 0. The highest BCUT2D eigenvalue weighted by Gasteiger charge is 2.30. The van der Waals surface area contributed by atoms with E-state index in [2.05, 4.69) is 17.9 Å². The van der Waals surface area contributed by atoms with Crippen molar-refractivity contribution >= 4 is 11.9 Å². The number of esters is 1. The first-order valence-electron chi connectivity index (χ1n) is 8.90. The summed E-state index contributed by atoms with van der Waals surface area (Å²) in [6.07, 6.45) is 6.31. The normalized spacial score (nSPS) is 22.9. The van der Waals surface area contributed by atoms with Crippen molar-refractivity contribution in [1.29, 1.82) is 5.26 Å². The molecular formula is C18H27N3O3. The number of carbonyl (C=O) groups is 2. The summed E-state index contributed by atoms with van der Waals surface area (Å²) in [6.45, 7) is 6.19. The average molecular weight is 333 g/mol. The SMILES string of the molecule is CCOC(=O)C1CCN(C(=O)/C(C#N)=C\N2CCCCC2C)CC1. The van der Waals surface area contributed by atoms with Crippen molar-refractivity contribution in [2.24, 2.45) is 5.92 Å². The molecule has 0 aromatic carbocycles. The lowest BCUT2D eigenvalue weighted by Gasteiger charge is -2.34. The number of hydrogen-bond acceptors (Lipinski definition) is 5. The van der Waals surface area contributed by atoms with Gasteiger partial charge in [-0.15, -0.1) is 0 Å². The van der Waals surface area contributed by atoms with E-state index in [1.54, 1.807) is 18.0 Å². The first-order chi connectivity index (χ1) is 11.6. The molecule has 0 radical (unpaired) electrons. The Morgan fingerprint density at radius 3 is 2.50 bits per heavy atom. The van der Waals surface area contributed by atoms with Crippen molar-refractivity contribution in [3.05, 3.63) is 11.8 Å².